The number of carbonyl (C=O) groups is 3. The lowest BCUT2D eigenvalue weighted by Gasteiger charge is -2.18. The van der Waals surface area contributed by atoms with Gasteiger partial charge in [-0.2, -0.15) is 0 Å². The second kappa shape index (κ2) is 70.4. The number of esters is 3. The molecular weight excluding hydrogens is 997 g/mol. The maximum absolute atomic E-state index is 13.0. The van der Waals surface area contributed by atoms with Crippen molar-refractivity contribution >= 4 is 17.9 Å². The fourth-order valence-corrected chi connectivity index (χ4v) is 11.4. The lowest BCUT2D eigenvalue weighted by atomic mass is 10.0. The molecule has 0 rings (SSSR count). The standard InChI is InChI=1S/C75H142O6/c1-4-7-10-13-16-19-22-25-28-30-32-34-36-37-39-40-42-44-47-50-53-56-59-62-65-68-74(77)80-71-72(70-79-73(76)67-64-61-58-55-52-49-46-27-24-21-18-15-12-9-6-3)81-75(78)69-66-63-60-57-54-51-48-45-43-41-38-35-33-31-29-26-23-20-17-14-11-8-5-2/h30-33,72H,4-29,34-71H2,1-3H3/b32-30-,33-31-. The predicted octanol–water partition coefficient (Wildman–Crippen LogP) is 25.3. The van der Waals surface area contributed by atoms with Gasteiger partial charge in [0.1, 0.15) is 13.2 Å². The van der Waals surface area contributed by atoms with Crippen LogP contribution in [0, 0.1) is 0 Å². The molecule has 0 aromatic carbocycles. The Morgan fingerprint density at radius 1 is 0.235 bits per heavy atom. The second-order valence-electron chi connectivity index (χ2n) is 25.2. The van der Waals surface area contributed by atoms with Crippen molar-refractivity contribution in [3.05, 3.63) is 24.3 Å². The van der Waals surface area contributed by atoms with Gasteiger partial charge in [0.05, 0.1) is 0 Å². The van der Waals surface area contributed by atoms with Gasteiger partial charge < -0.3 is 14.2 Å². The van der Waals surface area contributed by atoms with Crippen LogP contribution in [0.4, 0.5) is 0 Å². The Balaban J connectivity index is 4.25. The van der Waals surface area contributed by atoms with Crippen molar-refractivity contribution in [1.29, 1.82) is 0 Å². The van der Waals surface area contributed by atoms with E-state index in [-0.39, 0.29) is 31.1 Å². The lowest BCUT2D eigenvalue weighted by molar-refractivity contribution is -0.167. The van der Waals surface area contributed by atoms with Crippen LogP contribution < -0.4 is 0 Å². The summed E-state index contributed by atoms with van der Waals surface area (Å²) in [6.07, 6.45) is 86.4. The van der Waals surface area contributed by atoms with Crippen molar-refractivity contribution in [2.75, 3.05) is 13.2 Å². The first-order chi connectivity index (χ1) is 40.0. The zero-order valence-electron chi connectivity index (χ0n) is 55.1. The molecule has 81 heavy (non-hydrogen) atoms. The SMILES string of the molecule is CCCCCCCCCC/C=C\CCCCCCCCCCCCCCCC(=O)OCC(COC(=O)CCCCCCCCCCCCCCCCC)OC(=O)CCCCCCCCCCCCC/C=C\CCCCCCCCCC. The molecule has 1 unspecified atom stereocenters. The highest BCUT2D eigenvalue weighted by atomic mass is 16.6. The molecule has 0 amide bonds. The molecule has 478 valence electrons. The minimum Gasteiger partial charge on any atom is -0.462 e. The largest absolute Gasteiger partial charge is 0.462 e. The second-order valence-corrected chi connectivity index (χ2v) is 25.2. The van der Waals surface area contributed by atoms with Crippen molar-refractivity contribution in [2.45, 2.75) is 425 Å². The van der Waals surface area contributed by atoms with Crippen LogP contribution in [0.3, 0.4) is 0 Å². The van der Waals surface area contributed by atoms with Gasteiger partial charge in [-0.3, -0.25) is 14.4 Å². The van der Waals surface area contributed by atoms with E-state index in [1.807, 2.05) is 0 Å². The summed E-state index contributed by atoms with van der Waals surface area (Å²) in [4.78, 5) is 38.5. The third-order valence-corrected chi connectivity index (χ3v) is 16.9. The van der Waals surface area contributed by atoms with E-state index in [0.717, 1.165) is 57.8 Å². The van der Waals surface area contributed by atoms with Gasteiger partial charge in [-0.15, -0.1) is 0 Å². The number of hydrogen-bond donors (Lipinski definition) is 0. The number of ether oxygens (including phenoxy) is 3. The van der Waals surface area contributed by atoms with E-state index in [0.29, 0.717) is 19.3 Å². The summed E-state index contributed by atoms with van der Waals surface area (Å²) >= 11 is 0. The molecule has 0 aliphatic heterocycles. The molecule has 0 bridgehead atoms. The molecule has 0 fully saturated rings. The zero-order chi connectivity index (χ0) is 58.5. The van der Waals surface area contributed by atoms with Gasteiger partial charge >= 0.3 is 17.9 Å². The minimum atomic E-state index is -0.769. The van der Waals surface area contributed by atoms with Gasteiger partial charge in [0.2, 0.25) is 0 Å². The summed E-state index contributed by atoms with van der Waals surface area (Å²) in [6, 6.07) is 0. The Morgan fingerprint density at radius 3 is 0.617 bits per heavy atom. The number of unbranched alkanes of at least 4 members (excludes halogenated alkanes) is 54. The van der Waals surface area contributed by atoms with Crippen LogP contribution in [0.2, 0.25) is 0 Å². The first-order valence-electron chi connectivity index (χ1n) is 36.8. The zero-order valence-corrected chi connectivity index (χ0v) is 55.1. The molecule has 0 saturated heterocycles. The normalized spacial score (nSPS) is 12.1. The summed E-state index contributed by atoms with van der Waals surface area (Å²) < 4.78 is 17.0. The number of hydrogen-bond acceptors (Lipinski definition) is 6. The van der Waals surface area contributed by atoms with Crippen LogP contribution in [-0.2, 0) is 28.6 Å². The molecule has 0 aromatic heterocycles. The molecule has 0 spiro atoms. The van der Waals surface area contributed by atoms with E-state index < -0.39 is 6.10 Å². The fourth-order valence-electron chi connectivity index (χ4n) is 11.4. The van der Waals surface area contributed by atoms with Crippen LogP contribution in [0.5, 0.6) is 0 Å². The number of allylic oxidation sites excluding steroid dienone is 4. The Hall–Kier alpha value is -2.11. The molecule has 0 N–H and O–H groups in total. The molecule has 0 aromatic rings. The lowest BCUT2D eigenvalue weighted by Crippen LogP contribution is -2.30. The highest BCUT2D eigenvalue weighted by Gasteiger charge is 2.20. The summed E-state index contributed by atoms with van der Waals surface area (Å²) in [5.41, 5.74) is 0. The summed E-state index contributed by atoms with van der Waals surface area (Å²) in [5.74, 6) is -0.831. The van der Waals surface area contributed by atoms with Crippen molar-refractivity contribution in [3.8, 4) is 0 Å². The highest BCUT2D eigenvalue weighted by molar-refractivity contribution is 5.71. The van der Waals surface area contributed by atoms with Crippen molar-refractivity contribution in [2.24, 2.45) is 0 Å². The van der Waals surface area contributed by atoms with Gasteiger partial charge in [0.25, 0.3) is 0 Å². The molecule has 0 aliphatic carbocycles. The Labute approximate surface area is 506 Å². The van der Waals surface area contributed by atoms with Crippen LogP contribution in [0.15, 0.2) is 24.3 Å². The molecule has 0 heterocycles. The Bertz CT molecular complexity index is 1310. The molecular formula is C75H142O6. The predicted molar refractivity (Wildman–Crippen MR) is 353 cm³/mol. The van der Waals surface area contributed by atoms with Crippen LogP contribution >= 0.6 is 0 Å². The third-order valence-electron chi connectivity index (χ3n) is 16.9. The summed E-state index contributed by atoms with van der Waals surface area (Å²) in [6.45, 7) is 6.73. The Morgan fingerprint density at radius 2 is 0.407 bits per heavy atom. The smallest absolute Gasteiger partial charge is 0.306 e. The molecule has 0 aliphatic rings. The average Bonchev–Trinajstić information content (AvgIpc) is 3.47. The summed E-state index contributed by atoms with van der Waals surface area (Å²) in [5, 5.41) is 0. The topological polar surface area (TPSA) is 78.9 Å². The number of carbonyl (C=O) groups excluding carboxylic acids is 3. The molecule has 0 saturated carbocycles. The van der Waals surface area contributed by atoms with Gasteiger partial charge in [0, 0.05) is 19.3 Å². The van der Waals surface area contributed by atoms with E-state index in [1.165, 1.54) is 321 Å². The van der Waals surface area contributed by atoms with Crippen molar-refractivity contribution in [1.82, 2.24) is 0 Å². The maximum Gasteiger partial charge on any atom is 0.306 e. The van der Waals surface area contributed by atoms with Gasteiger partial charge in [-0.05, 0) is 70.6 Å². The average molecular weight is 1140 g/mol. The van der Waals surface area contributed by atoms with E-state index >= 15 is 0 Å². The van der Waals surface area contributed by atoms with E-state index in [9.17, 15) is 14.4 Å². The molecule has 6 heteroatoms. The Kier molecular flexibility index (Phi) is 68.5. The van der Waals surface area contributed by atoms with Gasteiger partial charge in [0.15, 0.2) is 6.10 Å². The summed E-state index contributed by atoms with van der Waals surface area (Å²) in [7, 11) is 0. The van der Waals surface area contributed by atoms with Crippen molar-refractivity contribution < 1.29 is 28.6 Å². The highest BCUT2D eigenvalue weighted by Crippen LogP contribution is 2.19. The van der Waals surface area contributed by atoms with Crippen LogP contribution in [0.1, 0.15) is 419 Å². The first-order valence-corrected chi connectivity index (χ1v) is 36.8. The van der Waals surface area contributed by atoms with E-state index in [2.05, 4.69) is 45.1 Å². The molecule has 0 radical (unpaired) electrons. The van der Waals surface area contributed by atoms with Gasteiger partial charge in [-0.1, -0.05) is 353 Å². The molecule has 1 atom stereocenters. The third kappa shape index (κ3) is 68.6. The van der Waals surface area contributed by atoms with Crippen LogP contribution in [-0.4, -0.2) is 37.2 Å². The quantitative estimate of drug-likeness (QED) is 0.0261. The monoisotopic (exact) mass is 1140 g/mol. The van der Waals surface area contributed by atoms with E-state index in [4.69, 9.17) is 14.2 Å². The number of rotatable bonds is 69. The van der Waals surface area contributed by atoms with E-state index in [1.54, 1.807) is 0 Å². The maximum atomic E-state index is 13.0. The molecule has 6 nitrogen and oxygen atoms in total. The minimum absolute atomic E-state index is 0.0651. The first kappa shape index (κ1) is 78.9. The van der Waals surface area contributed by atoms with Gasteiger partial charge in [-0.25, -0.2) is 0 Å². The van der Waals surface area contributed by atoms with Crippen molar-refractivity contribution in [3.63, 3.8) is 0 Å². The van der Waals surface area contributed by atoms with Crippen LogP contribution in [0.25, 0.3) is 0 Å². The fraction of sp³-hybridized carbons (Fsp3) is 0.907.